The molecule has 1 aromatic heterocycles. The van der Waals surface area contributed by atoms with E-state index in [1.807, 2.05) is 36.2 Å². The summed E-state index contributed by atoms with van der Waals surface area (Å²) < 4.78 is 5.44. The van der Waals surface area contributed by atoms with Gasteiger partial charge in [0, 0.05) is 44.9 Å². The molecule has 3 rings (SSSR count). The van der Waals surface area contributed by atoms with E-state index in [-0.39, 0.29) is 12.0 Å². The summed E-state index contributed by atoms with van der Waals surface area (Å²) in [6.07, 6.45) is 3.44. The highest BCUT2D eigenvalue weighted by molar-refractivity contribution is 5.82. The van der Waals surface area contributed by atoms with E-state index in [0.29, 0.717) is 12.5 Å². The lowest BCUT2D eigenvalue weighted by atomic mass is 10.1. The number of rotatable bonds is 5. The number of hydrogen-bond donors (Lipinski definition) is 0. The molecule has 2 aromatic rings. The van der Waals surface area contributed by atoms with Crippen LogP contribution in [0.25, 0.3) is 10.9 Å². The number of likely N-dealkylation sites (tertiary alicyclic amines) is 1. The van der Waals surface area contributed by atoms with Crippen molar-refractivity contribution in [2.24, 2.45) is 0 Å². The van der Waals surface area contributed by atoms with Crippen LogP contribution in [0.4, 0.5) is 0 Å². The highest BCUT2D eigenvalue weighted by Gasteiger charge is 2.30. The smallest absolute Gasteiger partial charge is 0.226 e. The van der Waals surface area contributed by atoms with Crippen molar-refractivity contribution in [2.45, 2.75) is 25.0 Å². The second kappa shape index (κ2) is 7.28. The standard InChI is InChI=1S/C19H25N3O2/c1-21-13-17(24-3)10-16(21)12-22(2)19(23)9-14-8-15-6-4-5-7-18(15)20-11-14/h4-8,11,16-17H,9-10,12-13H2,1-3H3/t16-,17-/m0/s1. The van der Waals surface area contributed by atoms with Crippen LogP contribution in [0.2, 0.25) is 0 Å². The van der Waals surface area contributed by atoms with Gasteiger partial charge < -0.3 is 9.64 Å². The zero-order valence-electron chi connectivity index (χ0n) is 14.6. The minimum atomic E-state index is 0.126. The van der Waals surface area contributed by atoms with Gasteiger partial charge in [0.25, 0.3) is 0 Å². The summed E-state index contributed by atoms with van der Waals surface area (Å²) in [6.45, 7) is 1.66. The first-order valence-corrected chi connectivity index (χ1v) is 8.37. The van der Waals surface area contributed by atoms with Crippen molar-refractivity contribution >= 4 is 16.8 Å². The van der Waals surface area contributed by atoms with E-state index in [1.165, 1.54) is 0 Å². The van der Waals surface area contributed by atoms with Crippen LogP contribution in [0, 0.1) is 0 Å². The Labute approximate surface area is 143 Å². The summed E-state index contributed by atoms with van der Waals surface area (Å²) in [5, 5.41) is 1.07. The number of aromatic nitrogens is 1. The van der Waals surface area contributed by atoms with Crippen LogP contribution in [-0.2, 0) is 16.0 Å². The lowest BCUT2D eigenvalue weighted by Gasteiger charge is -2.25. The molecule has 1 fully saturated rings. The molecule has 0 spiro atoms. The lowest BCUT2D eigenvalue weighted by molar-refractivity contribution is -0.129. The van der Waals surface area contributed by atoms with Crippen molar-refractivity contribution in [3.63, 3.8) is 0 Å². The van der Waals surface area contributed by atoms with Gasteiger partial charge >= 0.3 is 0 Å². The van der Waals surface area contributed by atoms with Gasteiger partial charge in [0.1, 0.15) is 0 Å². The van der Waals surface area contributed by atoms with Crippen molar-refractivity contribution in [1.29, 1.82) is 0 Å². The normalized spacial score (nSPS) is 21.3. The third-order valence-corrected chi connectivity index (χ3v) is 4.90. The Morgan fingerprint density at radius 1 is 1.42 bits per heavy atom. The molecular formula is C19H25N3O2. The van der Waals surface area contributed by atoms with Gasteiger partial charge in [-0.3, -0.25) is 14.7 Å². The zero-order chi connectivity index (χ0) is 17.1. The van der Waals surface area contributed by atoms with E-state index < -0.39 is 0 Å². The summed E-state index contributed by atoms with van der Waals surface area (Å²) in [5.41, 5.74) is 1.92. The van der Waals surface area contributed by atoms with Gasteiger partial charge in [-0.15, -0.1) is 0 Å². The molecule has 5 nitrogen and oxygen atoms in total. The molecule has 128 valence electrons. The van der Waals surface area contributed by atoms with E-state index in [9.17, 15) is 4.79 Å². The van der Waals surface area contributed by atoms with Crippen molar-refractivity contribution < 1.29 is 9.53 Å². The summed E-state index contributed by atoms with van der Waals surface area (Å²) in [5.74, 6) is 0.126. The third-order valence-electron chi connectivity index (χ3n) is 4.90. The number of pyridine rings is 1. The average Bonchev–Trinajstić information content (AvgIpc) is 2.94. The molecule has 1 aliphatic rings. The van der Waals surface area contributed by atoms with E-state index in [1.54, 1.807) is 13.3 Å². The molecule has 0 bridgehead atoms. The quantitative estimate of drug-likeness (QED) is 0.842. The first-order chi connectivity index (χ1) is 11.6. The van der Waals surface area contributed by atoms with Crippen LogP contribution in [0.3, 0.4) is 0 Å². The second-order valence-electron chi connectivity index (χ2n) is 6.67. The predicted octanol–water partition coefficient (Wildman–Crippen LogP) is 1.95. The van der Waals surface area contributed by atoms with Crippen molar-refractivity contribution in [1.82, 2.24) is 14.8 Å². The molecule has 0 saturated carbocycles. The maximum Gasteiger partial charge on any atom is 0.226 e. The second-order valence-corrected chi connectivity index (χ2v) is 6.67. The predicted molar refractivity (Wildman–Crippen MR) is 94.9 cm³/mol. The molecule has 0 aliphatic carbocycles. The van der Waals surface area contributed by atoms with Crippen LogP contribution in [0.15, 0.2) is 36.5 Å². The molecule has 2 atom stereocenters. The number of methoxy groups -OCH3 is 1. The molecule has 24 heavy (non-hydrogen) atoms. The molecule has 0 radical (unpaired) electrons. The third kappa shape index (κ3) is 3.74. The van der Waals surface area contributed by atoms with Gasteiger partial charge in [0.2, 0.25) is 5.91 Å². The van der Waals surface area contributed by atoms with Crippen molar-refractivity contribution in [3.05, 3.63) is 42.1 Å². The molecule has 0 N–H and O–H groups in total. The Balaban J connectivity index is 1.61. The Hall–Kier alpha value is -1.98. The molecule has 5 heteroatoms. The number of carbonyl (C=O) groups excluding carboxylic acids is 1. The number of nitrogens with zero attached hydrogens (tertiary/aromatic N) is 3. The highest BCUT2D eigenvalue weighted by Crippen LogP contribution is 2.19. The molecule has 0 unspecified atom stereocenters. The highest BCUT2D eigenvalue weighted by atomic mass is 16.5. The summed E-state index contributed by atoms with van der Waals surface area (Å²) in [4.78, 5) is 21.1. The first kappa shape index (κ1) is 16.9. The largest absolute Gasteiger partial charge is 0.380 e. The fourth-order valence-corrected chi connectivity index (χ4v) is 3.35. The van der Waals surface area contributed by atoms with Crippen LogP contribution < -0.4 is 0 Å². The molecular weight excluding hydrogens is 302 g/mol. The van der Waals surface area contributed by atoms with Crippen LogP contribution in [0.1, 0.15) is 12.0 Å². The molecule has 1 aromatic carbocycles. The molecule has 1 aliphatic heterocycles. The van der Waals surface area contributed by atoms with E-state index >= 15 is 0 Å². The maximum atomic E-state index is 12.5. The maximum absolute atomic E-state index is 12.5. The number of ether oxygens (including phenoxy) is 1. The summed E-state index contributed by atoms with van der Waals surface area (Å²) in [6, 6.07) is 10.4. The van der Waals surface area contributed by atoms with E-state index in [2.05, 4.69) is 23.0 Å². The SMILES string of the molecule is CO[C@H]1C[C@@H](CN(C)C(=O)Cc2cnc3ccccc3c2)N(C)C1. The monoisotopic (exact) mass is 327 g/mol. The Morgan fingerprint density at radius 3 is 2.96 bits per heavy atom. The minimum Gasteiger partial charge on any atom is -0.380 e. The Morgan fingerprint density at radius 2 is 2.21 bits per heavy atom. The number of likely N-dealkylation sites (N-methyl/N-ethyl adjacent to an activating group) is 2. The Kier molecular flexibility index (Phi) is 5.11. The fourth-order valence-electron chi connectivity index (χ4n) is 3.35. The van der Waals surface area contributed by atoms with Gasteiger partial charge in [-0.05, 0) is 31.2 Å². The minimum absolute atomic E-state index is 0.126. The van der Waals surface area contributed by atoms with Crippen molar-refractivity contribution in [3.8, 4) is 0 Å². The zero-order valence-corrected chi connectivity index (χ0v) is 14.6. The van der Waals surface area contributed by atoms with Gasteiger partial charge in [0.15, 0.2) is 0 Å². The van der Waals surface area contributed by atoms with Crippen LogP contribution >= 0.6 is 0 Å². The van der Waals surface area contributed by atoms with E-state index in [4.69, 9.17) is 4.74 Å². The van der Waals surface area contributed by atoms with Crippen LogP contribution in [-0.4, -0.2) is 67.1 Å². The van der Waals surface area contributed by atoms with Crippen LogP contribution in [0.5, 0.6) is 0 Å². The summed E-state index contributed by atoms with van der Waals surface area (Å²) in [7, 11) is 5.72. The van der Waals surface area contributed by atoms with Gasteiger partial charge in [0.05, 0.1) is 18.0 Å². The lowest BCUT2D eigenvalue weighted by Crippen LogP contribution is -2.40. The summed E-state index contributed by atoms with van der Waals surface area (Å²) >= 11 is 0. The Bertz CT molecular complexity index is 719. The number of carbonyl (C=O) groups is 1. The number of fused-ring (bicyclic) bond motifs is 1. The van der Waals surface area contributed by atoms with Gasteiger partial charge in [-0.25, -0.2) is 0 Å². The first-order valence-electron chi connectivity index (χ1n) is 8.37. The number of benzene rings is 1. The van der Waals surface area contributed by atoms with E-state index in [0.717, 1.165) is 36.0 Å². The number of amides is 1. The van der Waals surface area contributed by atoms with Gasteiger partial charge in [-0.1, -0.05) is 18.2 Å². The average molecular weight is 327 g/mol. The molecule has 1 saturated heterocycles. The molecule has 2 heterocycles. The molecule has 1 amide bonds. The van der Waals surface area contributed by atoms with Gasteiger partial charge in [-0.2, -0.15) is 0 Å². The van der Waals surface area contributed by atoms with Crippen molar-refractivity contribution in [2.75, 3.05) is 34.3 Å². The fraction of sp³-hybridized carbons (Fsp3) is 0.474. The topological polar surface area (TPSA) is 45.7 Å². The number of para-hydroxylation sites is 1. The number of hydrogen-bond acceptors (Lipinski definition) is 4.